The molecular weight excluding hydrogens is 442 g/mol. The molecule has 10 nitrogen and oxygen atoms in total. The number of aryl methyl sites for hydroxylation is 1. The highest BCUT2D eigenvalue weighted by molar-refractivity contribution is 7.89. The summed E-state index contributed by atoms with van der Waals surface area (Å²) in [6, 6.07) is 10.4. The predicted octanol–water partition coefficient (Wildman–Crippen LogP) is 1.77. The lowest BCUT2D eigenvalue weighted by Gasteiger charge is -2.26. The molecule has 1 aromatic carbocycles. The van der Waals surface area contributed by atoms with Crippen molar-refractivity contribution in [2.75, 3.05) is 31.5 Å². The van der Waals surface area contributed by atoms with Gasteiger partial charge in [-0.3, -0.25) is 4.79 Å². The standard InChI is InChI=1S/C22H29N7O3S/c1-17-6-4-7-18(16-17)33(31,32)24-13-11-21-26-25-20-10-9-19(27-29(20)21)23-12-5-15-28-14-3-2-8-22(28)30/h4,6-7,9-10,16,24H,2-3,5,8,11-15H2,1H3,(H,23,27). The number of nitrogens with zero attached hydrogens (tertiary/aromatic N) is 5. The molecule has 0 saturated carbocycles. The fourth-order valence-electron chi connectivity index (χ4n) is 3.83. The third-order valence-electron chi connectivity index (χ3n) is 5.60. The smallest absolute Gasteiger partial charge is 0.240 e. The number of aromatic nitrogens is 4. The van der Waals surface area contributed by atoms with Crippen molar-refractivity contribution >= 4 is 27.4 Å². The molecule has 1 amide bonds. The van der Waals surface area contributed by atoms with Crippen LogP contribution in [0.4, 0.5) is 5.82 Å². The average molecular weight is 472 g/mol. The van der Waals surface area contributed by atoms with Gasteiger partial charge in [0.05, 0.1) is 4.90 Å². The van der Waals surface area contributed by atoms with Crippen LogP contribution in [-0.4, -0.2) is 65.2 Å². The number of nitrogens with one attached hydrogen (secondary N) is 2. The van der Waals surface area contributed by atoms with E-state index in [1.54, 1.807) is 22.7 Å². The summed E-state index contributed by atoms with van der Waals surface area (Å²) >= 11 is 0. The van der Waals surface area contributed by atoms with E-state index in [0.717, 1.165) is 37.9 Å². The first-order chi connectivity index (χ1) is 15.9. The van der Waals surface area contributed by atoms with Crippen LogP contribution < -0.4 is 10.0 Å². The van der Waals surface area contributed by atoms with Gasteiger partial charge in [-0.25, -0.2) is 13.1 Å². The number of hydrogen-bond donors (Lipinski definition) is 2. The lowest BCUT2D eigenvalue weighted by atomic mass is 10.1. The summed E-state index contributed by atoms with van der Waals surface area (Å²) in [6.07, 6.45) is 3.91. The monoisotopic (exact) mass is 471 g/mol. The Morgan fingerprint density at radius 1 is 1.09 bits per heavy atom. The molecule has 3 aromatic rings. The first kappa shape index (κ1) is 23.1. The summed E-state index contributed by atoms with van der Waals surface area (Å²) in [7, 11) is -3.59. The van der Waals surface area contributed by atoms with Crippen molar-refractivity contribution in [2.24, 2.45) is 0 Å². The van der Waals surface area contributed by atoms with Crippen molar-refractivity contribution in [1.29, 1.82) is 0 Å². The molecule has 1 aliphatic rings. The summed E-state index contributed by atoms with van der Waals surface area (Å²) in [6.45, 7) is 4.32. The minimum absolute atomic E-state index is 0.181. The minimum Gasteiger partial charge on any atom is -0.369 e. The van der Waals surface area contributed by atoms with Gasteiger partial charge in [-0.2, -0.15) is 4.52 Å². The minimum atomic E-state index is -3.59. The topological polar surface area (TPSA) is 122 Å². The van der Waals surface area contributed by atoms with E-state index >= 15 is 0 Å². The zero-order valence-electron chi connectivity index (χ0n) is 18.7. The molecule has 4 rings (SSSR count). The molecule has 0 bridgehead atoms. The van der Waals surface area contributed by atoms with E-state index in [0.29, 0.717) is 36.7 Å². The summed E-state index contributed by atoms with van der Waals surface area (Å²) in [5.74, 6) is 1.49. The number of hydrogen-bond acceptors (Lipinski definition) is 7. The van der Waals surface area contributed by atoms with Crippen molar-refractivity contribution in [3.05, 3.63) is 47.8 Å². The van der Waals surface area contributed by atoms with Gasteiger partial charge in [0, 0.05) is 39.0 Å². The number of likely N-dealkylation sites (tertiary alicyclic amines) is 1. The maximum Gasteiger partial charge on any atom is 0.240 e. The summed E-state index contributed by atoms with van der Waals surface area (Å²) < 4.78 is 29.3. The number of sulfonamides is 1. The lowest BCUT2D eigenvalue weighted by Crippen LogP contribution is -2.36. The Morgan fingerprint density at radius 3 is 2.79 bits per heavy atom. The zero-order valence-corrected chi connectivity index (χ0v) is 19.5. The second-order valence-electron chi connectivity index (χ2n) is 8.19. The molecule has 33 heavy (non-hydrogen) atoms. The Bertz CT molecular complexity index is 1230. The number of rotatable bonds is 10. The van der Waals surface area contributed by atoms with Gasteiger partial charge < -0.3 is 10.2 Å². The third kappa shape index (κ3) is 5.85. The SMILES string of the molecule is Cc1cccc(S(=O)(=O)NCCc2nnc3ccc(NCCCN4CCCCC4=O)nn23)c1. The molecule has 0 radical (unpaired) electrons. The number of carbonyl (C=O) groups is 1. The van der Waals surface area contributed by atoms with E-state index in [1.165, 1.54) is 0 Å². The van der Waals surface area contributed by atoms with Crippen molar-refractivity contribution in [3.8, 4) is 0 Å². The van der Waals surface area contributed by atoms with Crippen LogP contribution in [0, 0.1) is 6.92 Å². The largest absolute Gasteiger partial charge is 0.369 e. The van der Waals surface area contributed by atoms with Gasteiger partial charge in [0.15, 0.2) is 11.5 Å². The van der Waals surface area contributed by atoms with Gasteiger partial charge in [-0.05, 0) is 56.0 Å². The maximum atomic E-state index is 12.5. The first-order valence-electron chi connectivity index (χ1n) is 11.2. The molecular formula is C22H29N7O3S. The molecule has 0 unspecified atom stereocenters. The van der Waals surface area contributed by atoms with E-state index in [-0.39, 0.29) is 17.3 Å². The van der Waals surface area contributed by atoms with E-state index < -0.39 is 10.0 Å². The van der Waals surface area contributed by atoms with Crippen molar-refractivity contribution in [1.82, 2.24) is 29.4 Å². The van der Waals surface area contributed by atoms with Crippen LogP contribution in [0.15, 0.2) is 41.3 Å². The highest BCUT2D eigenvalue weighted by atomic mass is 32.2. The predicted molar refractivity (Wildman–Crippen MR) is 124 cm³/mol. The molecule has 2 N–H and O–H groups in total. The molecule has 1 aliphatic heterocycles. The highest BCUT2D eigenvalue weighted by Gasteiger charge is 2.17. The number of fused-ring (bicyclic) bond motifs is 1. The number of carbonyl (C=O) groups excluding carboxylic acids is 1. The normalized spacial score (nSPS) is 14.7. The van der Waals surface area contributed by atoms with Crippen LogP contribution >= 0.6 is 0 Å². The van der Waals surface area contributed by atoms with Crippen LogP contribution in [-0.2, 0) is 21.2 Å². The van der Waals surface area contributed by atoms with E-state index in [4.69, 9.17) is 0 Å². The van der Waals surface area contributed by atoms with Crippen molar-refractivity contribution < 1.29 is 13.2 Å². The van der Waals surface area contributed by atoms with Crippen LogP contribution in [0.3, 0.4) is 0 Å². The molecule has 11 heteroatoms. The fraction of sp³-hybridized carbons (Fsp3) is 0.455. The average Bonchev–Trinajstić information content (AvgIpc) is 3.20. The number of anilines is 1. The Labute approximate surface area is 193 Å². The molecule has 2 aromatic heterocycles. The van der Waals surface area contributed by atoms with Crippen LogP contribution in [0.25, 0.3) is 5.65 Å². The Balaban J connectivity index is 1.31. The number of piperidine rings is 1. The Morgan fingerprint density at radius 2 is 1.97 bits per heavy atom. The summed E-state index contributed by atoms with van der Waals surface area (Å²) in [5.41, 5.74) is 1.48. The first-order valence-corrected chi connectivity index (χ1v) is 12.7. The molecule has 0 atom stereocenters. The molecule has 1 fully saturated rings. The van der Waals surface area contributed by atoms with Crippen molar-refractivity contribution in [2.45, 2.75) is 43.9 Å². The van der Waals surface area contributed by atoms with Crippen LogP contribution in [0.5, 0.6) is 0 Å². The Hall–Kier alpha value is -3.05. The molecule has 0 spiro atoms. The van der Waals surface area contributed by atoms with Gasteiger partial charge in [0.25, 0.3) is 0 Å². The second kappa shape index (κ2) is 10.3. The van der Waals surface area contributed by atoms with Gasteiger partial charge >= 0.3 is 0 Å². The van der Waals surface area contributed by atoms with Crippen molar-refractivity contribution in [3.63, 3.8) is 0 Å². The quantitative estimate of drug-likeness (QED) is 0.432. The molecule has 1 saturated heterocycles. The van der Waals surface area contributed by atoms with E-state index in [1.807, 2.05) is 30.0 Å². The maximum absolute atomic E-state index is 12.5. The summed E-state index contributed by atoms with van der Waals surface area (Å²) in [5, 5.41) is 16.1. The van der Waals surface area contributed by atoms with Gasteiger partial charge in [0.2, 0.25) is 15.9 Å². The zero-order chi connectivity index (χ0) is 23.3. The van der Waals surface area contributed by atoms with Gasteiger partial charge in [-0.1, -0.05) is 12.1 Å². The number of benzene rings is 1. The molecule has 0 aliphatic carbocycles. The summed E-state index contributed by atoms with van der Waals surface area (Å²) in [4.78, 5) is 14.1. The third-order valence-corrected chi connectivity index (χ3v) is 7.06. The molecule has 3 heterocycles. The fourth-order valence-corrected chi connectivity index (χ4v) is 4.97. The Kier molecular flexibility index (Phi) is 7.19. The van der Waals surface area contributed by atoms with E-state index in [2.05, 4.69) is 25.3 Å². The highest BCUT2D eigenvalue weighted by Crippen LogP contribution is 2.13. The van der Waals surface area contributed by atoms with E-state index in [9.17, 15) is 13.2 Å². The van der Waals surface area contributed by atoms with Crippen LogP contribution in [0.1, 0.15) is 37.1 Å². The lowest BCUT2D eigenvalue weighted by molar-refractivity contribution is -0.133. The van der Waals surface area contributed by atoms with Crippen LogP contribution in [0.2, 0.25) is 0 Å². The number of amides is 1. The van der Waals surface area contributed by atoms with Gasteiger partial charge in [-0.15, -0.1) is 15.3 Å². The molecule has 176 valence electrons. The van der Waals surface area contributed by atoms with Gasteiger partial charge in [0.1, 0.15) is 5.82 Å². The second-order valence-corrected chi connectivity index (χ2v) is 9.95.